The van der Waals surface area contributed by atoms with Gasteiger partial charge in [0.1, 0.15) is 0 Å². The van der Waals surface area contributed by atoms with Crippen LogP contribution in [0.25, 0.3) is 0 Å². The zero-order chi connectivity index (χ0) is 10.8. The first kappa shape index (κ1) is 17.7. The number of nitrogens with one attached hydrogen (secondary N) is 2. The van der Waals surface area contributed by atoms with Crippen molar-refractivity contribution in [2.24, 2.45) is 0 Å². The van der Waals surface area contributed by atoms with E-state index in [2.05, 4.69) is 10.6 Å². The van der Waals surface area contributed by atoms with Crippen LogP contribution >= 0.6 is 35.6 Å². The Hall–Kier alpha value is 0.300. The standard InChI is InChI=1S/C9H18Cl2N2O.ClH/c1-2-3-8(12-6-4-10)9(14)13-7-5-11;/h8,12H,2-7H2,1H3,(H,13,14);1H. The number of halogens is 3. The third-order valence-electron chi connectivity index (χ3n) is 1.77. The van der Waals surface area contributed by atoms with Crippen molar-refractivity contribution < 1.29 is 4.79 Å². The van der Waals surface area contributed by atoms with E-state index in [0.717, 1.165) is 12.8 Å². The van der Waals surface area contributed by atoms with Crippen LogP contribution in [-0.2, 0) is 4.79 Å². The Morgan fingerprint density at radius 1 is 1.27 bits per heavy atom. The van der Waals surface area contributed by atoms with E-state index in [9.17, 15) is 4.79 Å². The van der Waals surface area contributed by atoms with Crippen LogP contribution in [0.2, 0.25) is 0 Å². The summed E-state index contributed by atoms with van der Waals surface area (Å²) in [5.41, 5.74) is 0. The number of hydrogen-bond donors (Lipinski definition) is 2. The van der Waals surface area contributed by atoms with E-state index in [1.807, 2.05) is 6.92 Å². The van der Waals surface area contributed by atoms with Gasteiger partial charge in [-0.15, -0.1) is 35.6 Å². The molecule has 0 bridgehead atoms. The second kappa shape index (κ2) is 12.4. The second-order valence-corrected chi connectivity index (χ2v) is 3.72. The van der Waals surface area contributed by atoms with E-state index < -0.39 is 0 Å². The maximum atomic E-state index is 11.5. The molecule has 0 saturated heterocycles. The first-order chi connectivity index (χ1) is 6.76. The molecule has 0 heterocycles. The quantitative estimate of drug-likeness (QED) is 0.664. The largest absolute Gasteiger partial charge is 0.354 e. The Bertz CT molecular complexity index is 158. The van der Waals surface area contributed by atoms with Gasteiger partial charge in [-0.2, -0.15) is 0 Å². The lowest BCUT2D eigenvalue weighted by Gasteiger charge is -2.16. The minimum atomic E-state index is -0.137. The first-order valence-corrected chi connectivity index (χ1v) is 5.96. The van der Waals surface area contributed by atoms with Crippen LogP contribution in [0.15, 0.2) is 0 Å². The topological polar surface area (TPSA) is 41.1 Å². The minimum absolute atomic E-state index is 0. The zero-order valence-electron chi connectivity index (χ0n) is 8.89. The number of carbonyl (C=O) groups excluding carboxylic acids is 1. The van der Waals surface area contributed by atoms with Crippen LogP contribution in [-0.4, -0.2) is 36.8 Å². The molecule has 0 aliphatic heterocycles. The summed E-state index contributed by atoms with van der Waals surface area (Å²) in [7, 11) is 0. The van der Waals surface area contributed by atoms with Crippen LogP contribution < -0.4 is 10.6 Å². The molecule has 0 aromatic heterocycles. The summed E-state index contributed by atoms with van der Waals surface area (Å²) in [5, 5.41) is 5.84. The lowest BCUT2D eigenvalue weighted by Crippen LogP contribution is -2.45. The molecule has 15 heavy (non-hydrogen) atoms. The van der Waals surface area contributed by atoms with Crippen molar-refractivity contribution in [2.75, 3.05) is 24.8 Å². The Labute approximate surface area is 108 Å². The smallest absolute Gasteiger partial charge is 0.237 e. The number of carbonyl (C=O) groups is 1. The number of amides is 1. The van der Waals surface area contributed by atoms with Gasteiger partial charge in [-0.05, 0) is 6.42 Å². The number of rotatable bonds is 8. The molecule has 0 aliphatic carbocycles. The van der Waals surface area contributed by atoms with Crippen molar-refractivity contribution in [3.63, 3.8) is 0 Å². The van der Waals surface area contributed by atoms with Crippen molar-refractivity contribution >= 4 is 41.5 Å². The normalized spacial score (nSPS) is 11.7. The van der Waals surface area contributed by atoms with Gasteiger partial charge in [-0.3, -0.25) is 4.79 Å². The predicted octanol–water partition coefficient (Wildman–Crippen LogP) is 1.76. The fraction of sp³-hybridized carbons (Fsp3) is 0.889. The van der Waals surface area contributed by atoms with E-state index >= 15 is 0 Å². The lowest BCUT2D eigenvalue weighted by molar-refractivity contribution is -0.123. The highest BCUT2D eigenvalue weighted by Crippen LogP contribution is 1.96. The molecule has 0 saturated carbocycles. The molecule has 1 atom stereocenters. The van der Waals surface area contributed by atoms with Crippen LogP contribution in [0.3, 0.4) is 0 Å². The van der Waals surface area contributed by atoms with Gasteiger partial charge in [0.05, 0.1) is 6.04 Å². The minimum Gasteiger partial charge on any atom is -0.354 e. The molecule has 6 heteroatoms. The van der Waals surface area contributed by atoms with Crippen molar-refractivity contribution in [3.05, 3.63) is 0 Å². The van der Waals surface area contributed by atoms with Crippen molar-refractivity contribution in [1.82, 2.24) is 10.6 Å². The van der Waals surface area contributed by atoms with Gasteiger partial charge in [0.2, 0.25) is 5.91 Å². The number of hydrogen-bond acceptors (Lipinski definition) is 2. The van der Waals surface area contributed by atoms with Gasteiger partial charge in [-0.25, -0.2) is 0 Å². The van der Waals surface area contributed by atoms with E-state index in [1.54, 1.807) is 0 Å². The average Bonchev–Trinajstić information content (AvgIpc) is 2.20. The highest BCUT2D eigenvalue weighted by atomic mass is 35.5. The summed E-state index contributed by atoms with van der Waals surface area (Å²) in [5.74, 6) is 0.973. The van der Waals surface area contributed by atoms with E-state index in [-0.39, 0.29) is 24.4 Å². The summed E-state index contributed by atoms with van der Waals surface area (Å²) >= 11 is 11.0. The molecular formula is C9H19Cl3N2O. The van der Waals surface area contributed by atoms with Gasteiger partial charge >= 0.3 is 0 Å². The molecule has 0 fully saturated rings. The molecule has 1 unspecified atom stereocenters. The zero-order valence-corrected chi connectivity index (χ0v) is 11.2. The van der Waals surface area contributed by atoms with Gasteiger partial charge in [0, 0.05) is 24.8 Å². The highest BCUT2D eigenvalue weighted by Gasteiger charge is 2.15. The molecular weight excluding hydrogens is 258 g/mol. The van der Waals surface area contributed by atoms with E-state index in [0.29, 0.717) is 24.8 Å². The molecule has 2 N–H and O–H groups in total. The van der Waals surface area contributed by atoms with Gasteiger partial charge in [0.25, 0.3) is 0 Å². The molecule has 0 aromatic carbocycles. The highest BCUT2D eigenvalue weighted by molar-refractivity contribution is 6.18. The van der Waals surface area contributed by atoms with Gasteiger partial charge in [0.15, 0.2) is 0 Å². The predicted molar refractivity (Wildman–Crippen MR) is 68.4 cm³/mol. The maximum absolute atomic E-state index is 11.5. The Balaban J connectivity index is 0. The SMILES string of the molecule is CCCC(NCCCl)C(=O)NCCCl.Cl. The van der Waals surface area contributed by atoms with Crippen molar-refractivity contribution in [1.29, 1.82) is 0 Å². The number of alkyl halides is 2. The molecule has 0 aromatic rings. The van der Waals surface area contributed by atoms with E-state index in [4.69, 9.17) is 23.2 Å². The van der Waals surface area contributed by atoms with Gasteiger partial charge < -0.3 is 10.6 Å². The van der Waals surface area contributed by atoms with Crippen LogP contribution in [0.5, 0.6) is 0 Å². The Morgan fingerprint density at radius 2 is 1.87 bits per heavy atom. The van der Waals surface area contributed by atoms with Gasteiger partial charge in [-0.1, -0.05) is 13.3 Å². The Morgan fingerprint density at radius 3 is 2.33 bits per heavy atom. The molecule has 92 valence electrons. The fourth-order valence-corrected chi connectivity index (χ4v) is 1.34. The molecule has 0 radical (unpaired) electrons. The van der Waals surface area contributed by atoms with Crippen molar-refractivity contribution in [3.8, 4) is 0 Å². The summed E-state index contributed by atoms with van der Waals surface area (Å²) in [4.78, 5) is 11.5. The van der Waals surface area contributed by atoms with Crippen LogP contribution in [0.4, 0.5) is 0 Å². The average molecular weight is 278 g/mol. The first-order valence-electron chi connectivity index (χ1n) is 4.89. The third kappa shape index (κ3) is 9.24. The molecule has 0 spiro atoms. The summed E-state index contributed by atoms with van der Waals surface area (Å²) < 4.78 is 0. The summed E-state index contributed by atoms with van der Waals surface area (Å²) in [6.45, 7) is 3.22. The Kier molecular flexibility index (Phi) is 14.6. The second-order valence-electron chi connectivity index (χ2n) is 2.96. The molecule has 1 amide bonds. The van der Waals surface area contributed by atoms with E-state index in [1.165, 1.54) is 0 Å². The summed E-state index contributed by atoms with van der Waals surface area (Å²) in [6.07, 6.45) is 1.79. The molecule has 0 rings (SSSR count). The fourth-order valence-electron chi connectivity index (χ4n) is 1.14. The lowest BCUT2D eigenvalue weighted by atomic mass is 10.1. The summed E-state index contributed by atoms with van der Waals surface area (Å²) in [6, 6.07) is -0.137. The molecule has 3 nitrogen and oxygen atoms in total. The maximum Gasteiger partial charge on any atom is 0.237 e. The van der Waals surface area contributed by atoms with Crippen LogP contribution in [0.1, 0.15) is 19.8 Å². The van der Waals surface area contributed by atoms with Crippen molar-refractivity contribution in [2.45, 2.75) is 25.8 Å². The van der Waals surface area contributed by atoms with Crippen LogP contribution in [0, 0.1) is 0 Å². The molecule has 0 aliphatic rings. The third-order valence-corrected chi connectivity index (χ3v) is 2.15. The monoisotopic (exact) mass is 276 g/mol.